The molecule has 1 atom stereocenters. The quantitative estimate of drug-likeness (QED) is 0.863. The lowest BCUT2D eigenvalue weighted by molar-refractivity contribution is -0.127. The highest BCUT2D eigenvalue weighted by Crippen LogP contribution is 2.32. The minimum atomic E-state index is -0.454. The summed E-state index contributed by atoms with van der Waals surface area (Å²) in [5.41, 5.74) is 4.88. The van der Waals surface area contributed by atoms with Crippen LogP contribution in [0.5, 0.6) is 0 Å². The van der Waals surface area contributed by atoms with E-state index in [0.29, 0.717) is 5.17 Å². The molecule has 1 heterocycles. The summed E-state index contributed by atoms with van der Waals surface area (Å²) in [6.07, 6.45) is 0.119. The monoisotopic (exact) mass is 381 g/mol. The molecule has 0 unspecified atom stereocenters. The van der Waals surface area contributed by atoms with Crippen LogP contribution in [0.3, 0.4) is 0 Å². The first-order valence-corrected chi connectivity index (χ1v) is 9.68. The maximum atomic E-state index is 12.5. The van der Waals surface area contributed by atoms with Crippen molar-refractivity contribution in [2.45, 2.75) is 32.4 Å². The maximum absolute atomic E-state index is 12.5. The lowest BCUT2D eigenvalue weighted by atomic mass is 10.1. The molecule has 2 aromatic rings. The molecule has 1 aliphatic rings. The van der Waals surface area contributed by atoms with E-state index in [2.05, 4.69) is 10.3 Å². The lowest BCUT2D eigenvalue weighted by Crippen LogP contribution is -2.30. The Hall–Kier alpha value is -2.60. The molecule has 0 saturated carbocycles. The molecule has 0 spiro atoms. The molecule has 0 aromatic heterocycles. The molecule has 27 heavy (non-hydrogen) atoms. The highest BCUT2D eigenvalue weighted by atomic mass is 32.2. The number of carbonyl (C=O) groups excluding carboxylic acids is 2. The molecule has 2 amide bonds. The molecule has 1 saturated heterocycles. The Kier molecular flexibility index (Phi) is 5.65. The second-order valence-electron chi connectivity index (χ2n) is 6.81. The fourth-order valence-corrected chi connectivity index (χ4v) is 3.90. The number of benzene rings is 2. The highest BCUT2D eigenvalue weighted by Gasteiger charge is 2.37. The Morgan fingerprint density at radius 1 is 1.11 bits per heavy atom. The molecule has 0 bridgehead atoms. The Morgan fingerprint density at radius 3 is 2.48 bits per heavy atom. The number of nitrogens with zero attached hydrogens (tertiary/aromatic N) is 2. The van der Waals surface area contributed by atoms with Crippen LogP contribution in [0.2, 0.25) is 0 Å². The molecule has 1 fully saturated rings. The van der Waals surface area contributed by atoms with E-state index in [4.69, 9.17) is 0 Å². The van der Waals surface area contributed by atoms with Gasteiger partial charge < -0.3 is 5.32 Å². The van der Waals surface area contributed by atoms with Crippen LogP contribution in [0, 0.1) is 20.8 Å². The first-order valence-electron chi connectivity index (χ1n) is 8.80. The van der Waals surface area contributed by atoms with Crippen LogP contribution in [0.15, 0.2) is 47.5 Å². The van der Waals surface area contributed by atoms with Crippen LogP contribution in [0.4, 0.5) is 11.4 Å². The Balaban J connectivity index is 1.70. The van der Waals surface area contributed by atoms with Gasteiger partial charge in [0.05, 0.1) is 5.69 Å². The number of anilines is 1. The van der Waals surface area contributed by atoms with Gasteiger partial charge in [-0.25, -0.2) is 4.99 Å². The summed E-state index contributed by atoms with van der Waals surface area (Å²) in [5, 5.41) is 3.02. The molecule has 0 aliphatic carbocycles. The zero-order chi connectivity index (χ0) is 19.6. The summed E-state index contributed by atoms with van der Waals surface area (Å²) in [5.74, 6) is -0.269. The third-order valence-electron chi connectivity index (χ3n) is 4.43. The predicted molar refractivity (Wildman–Crippen MR) is 112 cm³/mol. The molecular formula is C21H23N3O2S. The van der Waals surface area contributed by atoms with Gasteiger partial charge in [0.25, 0.3) is 0 Å². The number of carbonyl (C=O) groups is 2. The van der Waals surface area contributed by atoms with Crippen LogP contribution < -0.4 is 5.32 Å². The van der Waals surface area contributed by atoms with Crippen molar-refractivity contribution in [3.63, 3.8) is 0 Å². The smallest absolute Gasteiger partial charge is 0.242 e. The van der Waals surface area contributed by atoms with Crippen LogP contribution in [0.1, 0.15) is 23.1 Å². The van der Waals surface area contributed by atoms with E-state index in [1.54, 1.807) is 7.05 Å². The van der Waals surface area contributed by atoms with Gasteiger partial charge in [0, 0.05) is 19.2 Å². The van der Waals surface area contributed by atoms with Gasteiger partial charge in [0.1, 0.15) is 5.25 Å². The molecule has 140 valence electrons. The molecule has 1 N–H and O–H groups in total. The average Bonchev–Trinajstić information content (AvgIpc) is 2.88. The number of hydrogen-bond acceptors (Lipinski definition) is 4. The van der Waals surface area contributed by atoms with Crippen molar-refractivity contribution in [1.29, 1.82) is 0 Å². The van der Waals surface area contributed by atoms with E-state index in [9.17, 15) is 9.59 Å². The molecule has 1 aliphatic heterocycles. The Morgan fingerprint density at radius 2 is 1.78 bits per heavy atom. The molecule has 5 nitrogen and oxygen atoms in total. The molecule has 0 radical (unpaired) electrons. The number of aliphatic imine (C=N–C) groups is 1. The minimum Gasteiger partial charge on any atom is -0.326 e. The van der Waals surface area contributed by atoms with E-state index < -0.39 is 5.25 Å². The van der Waals surface area contributed by atoms with Crippen molar-refractivity contribution in [2.24, 2.45) is 4.99 Å². The second-order valence-corrected chi connectivity index (χ2v) is 7.98. The third kappa shape index (κ3) is 4.57. The number of aryl methyl sites for hydroxylation is 3. The van der Waals surface area contributed by atoms with Crippen LogP contribution >= 0.6 is 11.8 Å². The van der Waals surface area contributed by atoms with E-state index in [0.717, 1.165) is 28.1 Å². The van der Waals surface area contributed by atoms with Gasteiger partial charge in [-0.3, -0.25) is 14.5 Å². The van der Waals surface area contributed by atoms with Crippen molar-refractivity contribution >= 4 is 40.1 Å². The standard InChI is InChI=1S/C21H23N3O2S/c1-13-6-9-16(10-7-13)22-19(25)12-18-20(26)24(4)21(27-18)23-17-11-14(2)5-8-15(17)3/h5-11,18H,12H2,1-4H3,(H,22,25)/t18-/m0/s1. The summed E-state index contributed by atoms with van der Waals surface area (Å²) < 4.78 is 0. The average molecular weight is 382 g/mol. The number of thioether (sulfide) groups is 1. The fourth-order valence-electron chi connectivity index (χ4n) is 2.76. The van der Waals surface area contributed by atoms with E-state index in [1.165, 1.54) is 16.7 Å². The fraction of sp³-hybridized carbons (Fsp3) is 0.286. The highest BCUT2D eigenvalue weighted by molar-refractivity contribution is 8.15. The largest absolute Gasteiger partial charge is 0.326 e. The number of amides is 2. The van der Waals surface area contributed by atoms with Crippen molar-refractivity contribution in [2.75, 3.05) is 12.4 Å². The summed E-state index contributed by atoms with van der Waals surface area (Å²) in [4.78, 5) is 31.1. The van der Waals surface area contributed by atoms with E-state index in [-0.39, 0.29) is 18.2 Å². The zero-order valence-electron chi connectivity index (χ0n) is 15.9. The van der Waals surface area contributed by atoms with E-state index >= 15 is 0 Å². The first-order chi connectivity index (χ1) is 12.8. The molecular weight excluding hydrogens is 358 g/mol. The van der Waals surface area contributed by atoms with Crippen LogP contribution in [-0.2, 0) is 9.59 Å². The van der Waals surface area contributed by atoms with Crippen molar-refractivity contribution in [3.8, 4) is 0 Å². The van der Waals surface area contributed by atoms with Gasteiger partial charge in [-0.05, 0) is 50.1 Å². The van der Waals surface area contributed by atoms with Gasteiger partial charge in [-0.2, -0.15) is 0 Å². The normalized spacial score (nSPS) is 18.2. The Bertz CT molecular complexity index is 906. The van der Waals surface area contributed by atoms with Crippen molar-refractivity contribution in [3.05, 3.63) is 59.2 Å². The first kappa shape index (κ1) is 19.2. The van der Waals surface area contributed by atoms with Gasteiger partial charge in [-0.15, -0.1) is 0 Å². The molecule has 6 heteroatoms. The predicted octanol–water partition coefficient (Wildman–Crippen LogP) is 4.20. The maximum Gasteiger partial charge on any atom is 0.242 e. The van der Waals surface area contributed by atoms with Gasteiger partial charge in [0.15, 0.2) is 5.17 Å². The third-order valence-corrected chi connectivity index (χ3v) is 5.66. The number of nitrogens with one attached hydrogen (secondary N) is 1. The summed E-state index contributed by atoms with van der Waals surface area (Å²) in [7, 11) is 1.71. The van der Waals surface area contributed by atoms with Crippen molar-refractivity contribution < 1.29 is 9.59 Å². The number of hydrogen-bond donors (Lipinski definition) is 1. The van der Waals surface area contributed by atoms with E-state index in [1.807, 2.05) is 63.2 Å². The summed E-state index contributed by atoms with van der Waals surface area (Å²) >= 11 is 1.34. The molecule has 2 aromatic carbocycles. The van der Waals surface area contributed by atoms with Gasteiger partial charge in [0.2, 0.25) is 11.8 Å². The van der Waals surface area contributed by atoms with Crippen molar-refractivity contribution in [1.82, 2.24) is 4.90 Å². The zero-order valence-corrected chi connectivity index (χ0v) is 16.8. The summed E-state index contributed by atoms with van der Waals surface area (Å²) in [6, 6.07) is 13.6. The second kappa shape index (κ2) is 7.96. The van der Waals surface area contributed by atoms with Gasteiger partial charge in [-0.1, -0.05) is 41.6 Å². The number of rotatable bonds is 4. The van der Waals surface area contributed by atoms with Gasteiger partial charge >= 0.3 is 0 Å². The molecule has 3 rings (SSSR count). The van der Waals surface area contributed by atoms with Crippen LogP contribution in [-0.4, -0.2) is 34.2 Å². The van der Waals surface area contributed by atoms with Crippen LogP contribution in [0.25, 0.3) is 0 Å². The Labute approximate surface area is 163 Å². The minimum absolute atomic E-state index is 0.0943. The number of amidine groups is 1. The topological polar surface area (TPSA) is 61.8 Å². The lowest BCUT2D eigenvalue weighted by Gasteiger charge is -2.10. The summed E-state index contributed by atoms with van der Waals surface area (Å²) in [6.45, 7) is 6.00. The SMILES string of the molecule is Cc1ccc(NC(=O)C[C@@H]2SC(=Nc3cc(C)ccc3C)N(C)C2=O)cc1.